The van der Waals surface area contributed by atoms with E-state index in [1.165, 1.54) is 11.1 Å². The second-order valence-electron chi connectivity index (χ2n) is 4.53. The quantitative estimate of drug-likeness (QED) is 0.748. The Balaban J connectivity index is 2.62. The summed E-state index contributed by atoms with van der Waals surface area (Å²) in [7, 11) is 0. The standard InChI is InChI=1S/C14H21N/c1-10(2)12(4)14(15)9-13-7-5-11(3)6-8-13/h5-8,10,14H,4,9,15H2,1-3H3/t14-/m1/s1. The van der Waals surface area contributed by atoms with Gasteiger partial charge in [-0.1, -0.05) is 55.8 Å². The molecule has 0 bridgehead atoms. The fraction of sp³-hybridized carbons (Fsp3) is 0.429. The lowest BCUT2D eigenvalue weighted by Crippen LogP contribution is -2.27. The third-order valence-electron chi connectivity index (χ3n) is 2.79. The largest absolute Gasteiger partial charge is 0.324 e. The minimum Gasteiger partial charge on any atom is -0.324 e. The van der Waals surface area contributed by atoms with Crippen molar-refractivity contribution in [3.8, 4) is 0 Å². The SMILES string of the molecule is C=C(C(C)C)[C@H](N)Cc1ccc(C)cc1. The van der Waals surface area contributed by atoms with Crippen LogP contribution in [0, 0.1) is 12.8 Å². The predicted octanol–water partition coefficient (Wildman–Crippen LogP) is 3.08. The molecule has 15 heavy (non-hydrogen) atoms. The maximum absolute atomic E-state index is 6.09. The van der Waals surface area contributed by atoms with E-state index in [0.717, 1.165) is 12.0 Å². The minimum atomic E-state index is 0.0766. The van der Waals surface area contributed by atoms with E-state index in [0.29, 0.717) is 5.92 Å². The Morgan fingerprint density at radius 1 is 1.27 bits per heavy atom. The number of rotatable bonds is 4. The van der Waals surface area contributed by atoms with Crippen LogP contribution in [0.25, 0.3) is 0 Å². The Morgan fingerprint density at radius 2 is 1.80 bits per heavy atom. The topological polar surface area (TPSA) is 26.0 Å². The molecular weight excluding hydrogens is 182 g/mol. The molecule has 1 aromatic rings. The number of aryl methyl sites for hydroxylation is 1. The van der Waals surface area contributed by atoms with Gasteiger partial charge in [0, 0.05) is 6.04 Å². The number of hydrogen-bond donors (Lipinski definition) is 1. The zero-order chi connectivity index (χ0) is 11.4. The zero-order valence-electron chi connectivity index (χ0n) is 9.96. The van der Waals surface area contributed by atoms with E-state index in [1.807, 2.05) is 0 Å². The highest BCUT2D eigenvalue weighted by molar-refractivity contribution is 5.24. The Morgan fingerprint density at radius 3 is 2.27 bits per heavy atom. The molecule has 1 rings (SSSR count). The molecule has 82 valence electrons. The van der Waals surface area contributed by atoms with Gasteiger partial charge in [0.1, 0.15) is 0 Å². The summed E-state index contributed by atoms with van der Waals surface area (Å²) in [5, 5.41) is 0. The van der Waals surface area contributed by atoms with Gasteiger partial charge in [-0.05, 0) is 24.8 Å². The van der Waals surface area contributed by atoms with Gasteiger partial charge in [-0.2, -0.15) is 0 Å². The van der Waals surface area contributed by atoms with Crippen LogP contribution in [-0.4, -0.2) is 6.04 Å². The second kappa shape index (κ2) is 5.13. The summed E-state index contributed by atoms with van der Waals surface area (Å²) >= 11 is 0. The molecule has 1 heteroatoms. The van der Waals surface area contributed by atoms with Crippen molar-refractivity contribution < 1.29 is 0 Å². The average Bonchev–Trinajstić information content (AvgIpc) is 2.20. The van der Waals surface area contributed by atoms with Gasteiger partial charge in [0.05, 0.1) is 0 Å². The highest BCUT2D eigenvalue weighted by Crippen LogP contribution is 2.14. The van der Waals surface area contributed by atoms with Crippen LogP contribution in [0.4, 0.5) is 0 Å². The molecule has 0 aliphatic rings. The van der Waals surface area contributed by atoms with Crippen LogP contribution in [0.1, 0.15) is 25.0 Å². The van der Waals surface area contributed by atoms with Crippen LogP contribution < -0.4 is 5.73 Å². The first kappa shape index (κ1) is 12.0. The van der Waals surface area contributed by atoms with Gasteiger partial charge in [0.15, 0.2) is 0 Å². The first-order valence-corrected chi connectivity index (χ1v) is 5.50. The van der Waals surface area contributed by atoms with E-state index in [4.69, 9.17) is 5.73 Å². The van der Waals surface area contributed by atoms with Crippen molar-refractivity contribution in [3.05, 3.63) is 47.5 Å². The van der Waals surface area contributed by atoms with Crippen molar-refractivity contribution in [2.24, 2.45) is 11.7 Å². The first-order chi connectivity index (χ1) is 7.00. The summed E-state index contributed by atoms with van der Waals surface area (Å²) < 4.78 is 0. The van der Waals surface area contributed by atoms with Gasteiger partial charge in [0.25, 0.3) is 0 Å². The minimum absolute atomic E-state index is 0.0766. The Bertz CT molecular complexity index is 322. The Hall–Kier alpha value is -1.08. The molecule has 0 spiro atoms. The Kier molecular flexibility index (Phi) is 4.10. The van der Waals surface area contributed by atoms with Crippen LogP contribution in [0.15, 0.2) is 36.4 Å². The van der Waals surface area contributed by atoms with Gasteiger partial charge in [-0.15, -0.1) is 0 Å². The van der Waals surface area contributed by atoms with E-state index in [1.54, 1.807) is 0 Å². The lowest BCUT2D eigenvalue weighted by atomic mass is 9.93. The molecule has 1 nitrogen and oxygen atoms in total. The summed E-state index contributed by atoms with van der Waals surface area (Å²) in [4.78, 5) is 0. The molecule has 0 aromatic heterocycles. The third kappa shape index (κ3) is 3.52. The molecule has 0 fully saturated rings. The summed E-state index contributed by atoms with van der Waals surface area (Å²) in [5.41, 5.74) is 9.80. The van der Waals surface area contributed by atoms with Gasteiger partial charge in [0.2, 0.25) is 0 Å². The number of nitrogens with two attached hydrogens (primary N) is 1. The molecule has 0 aliphatic heterocycles. The van der Waals surface area contributed by atoms with Gasteiger partial charge in [-0.25, -0.2) is 0 Å². The van der Waals surface area contributed by atoms with Crippen molar-refractivity contribution in [2.45, 2.75) is 33.2 Å². The molecule has 0 saturated heterocycles. The monoisotopic (exact) mass is 203 g/mol. The van der Waals surface area contributed by atoms with Crippen LogP contribution in [-0.2, 0) is 6.42 Å². The molecule has 0 unspecified atom stereocenters. The van der Waals surface area contributed by atoms with Gasteiger partial charge in [-0.3, -0.25) is 0 Å². The van der Waals surface area contributed by atoms with Gasteiger partial charge >= 0.3 is 0 Å². The fourth-order valence-corrected chi connectivity index (χ4v) is 1.54. The maximum Gasteiger partial charge on any atom is 0.0294 e. The van der Waals surface area contributed by atoms with E-state index in [9.17, 15) is 0 Å². The first-order valence-electron chi connectivity index (χ1n) is 5.50. The van der Waals surface area contributed by atoms with Gasteiger partial charge < -0.3 is 5.73 Å². The highest BCUT2D eigenvalue weighted by Gasteiger charge is 2.10. The van der Waals surface area contributed by atoms with E-state index in [2.05, 4.69) is 51.6 Å². The average molecular weight is 203 g/mol. The lowest BCUT2D eigenvalue weighted by molar-refractivity contribution is 0.642. The molecule has 0 radical (unpaired) electrons. The molecule has 0 aliphatic carbocycles. The predicted molar refractivity (Wildman–Crippen MR) is 66.8 cm³/mol. The van der Waals surface area contributed by atoms with Crippen LogP contribution in [0.3, 0.4) is 0 Å². The third-order valence-corrected chi connectivity index (χ3v) is 2.79. The Labute approximate surface area is 93.0 Å². The van der Waals surface area contributed by atoms with E-state index < -0.39 is 0 Å². The number of benzene rings is 1. The van der Waals surface area contributed by atoms with Crippen LogP contribution >= 0.6 is 0 Å². The van der Waals surface area contributed by atoms with E-state index >= 15 is 0 Å². The van der Waals surface area contributed by atoms with Crippen molar-refractivity contribution in [1.29, 1.82) is 0 Å². The maximum atomic E-state index is 6.09. The normalized spacial score (nSPS) is 12.9. The van der Waals surface area contributed by atoms with Crippen molar-refractivity contribution in [2.75, 3.05) is 0 Å². The van der Waals surface area contributed by atoms with Crippen molar-refractivity contribution >= 4 is 0 Å². The number of hydrogen-bond acceptors (Lipinski definition) is 1. The zero-order valence-corrected chi connectivity index (χ0v) is 9.96. The van der Waals surface area contributed by atoms with Crippen LogP contribution in [0.5, 0.6) is 0 Å². The molecule has 0 amide bonds. The lowest BCUT2D eigenvalue weighted by Gasteiger charge is -2.18. The van der Waals surface area contributed by atoms with E-state index in [-0.39, 0.29) is 6.04 Å². The molecule has 0 saturated carbocycles. The van der Waals surface area contributed by atoms with Crippen molar-refractivity contribution in [3.63, 3.8) is 0 Å². The highest BCUT2D eigenvalue weighted by atomic mass is 14.6. The smallest absolute Gasteiger partial charge is 0.0294 e. The summed E-state index contributed by atoms with van der Waals surface area (Å²) in [5.74, 6) is 0.463. The fourth-order valence-electron chi connectivity index (χ4n) is 1.54. The molecule has 0 heterocycles. The summed E-state index contributed by atoms with van der Waals surface area (Å²) in [6, 6.07) is 8.61. The summed E-state index contributed by atoms with van der Waals surface area (Å²) in [6.45, 7) is 10.4. The van der Waals surface area contributed by atoms with Crippen LogP contribution in [0.2, 0.25) is 0 Å². The molecule has 2 N–H and O–H groups in total. The molecule has 1 aromatic carbocycles. The van der Waals surface area contributed by atoms with Crippen molar-refractivity contribution in [1.82, 2.24) is 0 Å². The molecular formula is C14H21N. The summed E-state index contributed by atoms with van der Waals surface area (Å²) in [6.07, 6.45) is 0.886. The molecule has 1 atom stereocenters. The second-order valence-corrected chi connectivity index (χ2v) is 4.53.